The largest absolute Gasteiger partial charge is 0.462 e. The van der Waals surface area contributed by atoms with Crippen LogP contribution in [0.2, 0.25) is 0 Å². The molecule has 27 heavy (non-hydrogen) atoms. The Kier molecular flexibility index (Phi) is 7.11. The number of unbranched alkanes of at least 4 members (excludes halogenated alkanes) is 1. The van der Waals surface area contributed by atoms with Gasteiger partial charge in [0.15, 0.2) is 0 Å². The van der Waals surface area contributed by atoms with Crippen LogP contribution in [0.3, 0.4) is 0 Å². The number of anilines is 2. The van der Waals surface area contributed by atoms with Crippen molar-refractivity contribution in [3.63, 3.8) is 0 Å². The summed E-state index contributed by atoms with van der Waals surface area (Å²) >= 11 is 0. The molecular formula is C21H24N2O4. The Balaban J connectivity index is 2.08. The lowest BCUT2D eigenvalue weighted by Gasteiger charge is -2.12. The minimum Gasteiger partial charge on any atom is -0.462 e. The van der Waals surface area contributed by atoms with Crippen LogP contribution in [-0.4, -0.2) is 24.4 Å². The highest BCUT2D eigenvalue weighted by atomic mass is 16.5. The topological polar surface area (TPSA) is 84.5 Å². The van der Waals surface area contributed by atoms with Gasteiger partial charge in [0.2, 0.25) is 0 Å². The normalized spacial score (nSPS) is 10.2. The molecule has 0 aliphatic carbocycles. The predicted octanol–water partition coefficient (Wildman–Crippen LogP) is 3.84. The summed E-state index contributed by atoms with van der Waals surface area (Å²) in [7, 11) is 0. The second-order valence-corrected chi connectivity index (χ2v) is 6.26. The minimum absolute atomic E-state index is 0.210. The molecule has 2 aromatic rings. The summed E-state index contributed by atoms with van der Waals surface area (Å²) in [5.74, 6) is -2.20. The molecule has 0 saturated heterocycles. The van der Waals surface area contributed by atoms with Crippen molar-refractivity contribution in [1.82, 2.24) is 0 Å². The Labute approximate surface area is 158 Å². The molecule has 6 nitrogen and oxygen atoms in total. The maximum Gasteiger partial charge on any atom is 0.340 e. The Morgan fingerprint density at radius 1 is 0.926 bits per heavy atom. The van der Waals surface area contributed by atoms with Gasteiger partial charge in [-0.25, -0.2) is 4.79 Å². The van der Waals surface area contributed by atoms with Crippen molar-refractivity contribution < 1.29 is 19.1 Å². The van der Waals surface area contributed by atoms with E-state index in [1.54, 1.807) is 30.3 Å². The smallest absolute Gasteiger partial charge is 0.340 e. The monoisotopic (exact) mass is 368 g/mol. The second kappa shape index (κ2) is 9.52. The third-order valence-electron chi connectivity index (χ3n) is 3.97. The van der Waals surface area contributed by atoms with Crippen molar-refractivity contribution in [3.05, 3.63) is 59.2 Å². The molecule has 0 aliphatic heterocycles. The second-order valence-electron chi connectivity index (χ2n) is 6.26. The molecule has 0 unspecified atom stereocenters. The van der Waals surface area contributed by atoms with Gasteiger partial charge in [-0.3, -0.25) is 9.59 Å². The Morgan fingerprint density at radius 2 is 1.59 bits per heavy atom. The van der Waals surface area contributed by atoms with Crippen molar-refractivity contribution in [1.29, 1.82) is 0 Å². The molecule has 2 rings (SSSR count). The number of amides is 2. The quantitative estimate of drug-likeness (QED) is 0.461. The zero-order valence-corrected chi connectivity index (χ0v) is 15.8. The first-order valence-corrected chi connectivity index (χ1v) is 8.88. The number of carbonyl (C=O) groups excluding carboxylic acids is 3. The summed E-state index contributed by atoms with van der Waals surface area (Å²) in [6, 6.07) is 12.0. The maximum absolute atomic E-state index is 12.3. The van der Waals surface area contributed by atoms with Crippen LogP contribution in [0.5, 0.6) is 0 Å². The highest BCUT2D eigenvalue weighted by Crippen LogP contribution is 2.18. The average Bonchev–Trinajstić information content (AvgIpc) is 2.65. The average molecular weight is 368 g/mol. The van der Waals surface area contributed by atoms with Crippen LogP contribution in [0.25, 0.3) is 0 Å². The molecule has 2 amide bonds. The van der Waals surface area contributed by atoms with Gasteiger partial charge >= 0.3 is 17.8 Å². The summed E-state index contributed by atoms with van der Waals surface area (Å²) in [6.45, 7) is 6.05. The van der Waals surface area contributed by atoms with Gasteiger partial charge in [0.25, 0.3) is 0 Å². The summed E-state index contributed by atoms with van der Waals surface area (Å²) in [6.07, 6.45) is 1.67. The number of aryl methyl sites for hydroxylation is 2. The number of hydrogen-bond acceptors (Lipinski definition) is 4. The highest BCUT2D eigenvalue weighted by molar-refractivity contribution is 6.44. The number of ether oxygens (including phenoxy) is 1. The Bertz CT molecular complexity index is 846. The molecule has 0 aliphatic rings. The molecule has 0 atom stereocenters. The number of para-hydroxylation sites is 1. The fourth-order valence-corrected chi connectivity index (χ4v) is 2.39. The van der Waals surface area contributed by atoms with Gasteiger partial charge < -0.3 is 15.4 Å². The van der Waals surface area contributed by atoms with E-state index >= 15 is 0 Å². The van der Waals surface area contributed by atoms with Gasteiger partial charge in [0.1, 0.15) is 0 Å². The minimum atomic E-state index is -0.857. The van der Waals surface area contributed by atoms with Crippen LogP contribution in [0.15, 0.2) is 42.5 Å². The van der Waals surface area contributed by atoms with Crippen molar-refractivity contribution in [2.24, 2.45) is 0 Å². The van der Waals surface area contributed by atoms with Gasteiger partial charge in [-0.2, -0.15) is 0 Å². The predicted molar refractivity (Wildman–Crippen MR) is 105 cm³/mol. The van der Waals surface area contributed by atoms with Gasteiger partial charge in [-0.05, 0) is 49.6 Å². The van der Waals surface area contributed by atoms with E-state index in [1.165, 1.54) is 0 Å². The Morgan fingerprint density at radius 3 is 2.30 bits per heavy atom. The van der Waals surface area contributed by atoms with Crippen LogP contribution in [0.1, 0.15) is 41.3 Å². The van der Waals surface area contributed by atoms with E-state index in [0.717, 1.165) is 24.0 Å². The van der Waals surface area contributed by atoms with Crippen LogP contribution in [0, 0.1) is 13.8 Å². The van der Waals surface area contributed by atoms with Gasteiger partial charge in [-0.15, -0.1) is 0 Å². The SMILES string of the molecule is CCCCOC(=O)c1ccccc1NC(=O)C(=O)Nc1cc(C)ccc1C. The molecule has 0 bridgehead atoms. The van der Waals surface area contributed by atoms with Gasteiger partial charge in [-0.1, -0.05) is 37.6 Å². The fraction of sp³-hybridized carbons (Fsp3) is 0.286. The molecule has 0 fully saturated rings. The molecule has 0 saturated carbocycles. The third-order valence-corrected chi connectivity index (χ3v) is 3.97. The number of esters is 1. The van der Waals surface area contributed by atoms with E-state index in [1.807, 2.05) is 32.9 Å². The number of carbonyl (C=O) groups is 3. The summed E-state index contributed by atoms with van der Waals surface area (Å²) in [5, 5.41) is 5.08. The van der Waals surface area contributed by atoms with Crippen LogP contribution >= 0.6 is 0 Å². The van der Waals surface area contributed by atoms with Crippen molar-refractivity contribution in [2.75, 3.05) is 17.2 Å². The standard InChI is InChI=1S/C21H24N2O4/c1-4-5-12-27-21(26)16-8-6-7-9-17(16)22-19(24)20(25)23-18-13-14(2)10-11-15(18)3/h6-11,13H,4-5,12H2,1-3H3,(H,22,24)(H,23,25). The lowest BCUT2D eigenvalue weighted by Crippen LogP contribution is -2.30. The highest BCUT2D eigenvalue weighted by Gasteiger charge is 2.19. The van der Waals surface area contributed by atoms with E-state index < -0.39 is 17.8 Å². The third kappa shape index (κ3) is 5.67. The number of rotatable bonds is 6. The zero-order valence-electron chi connectivity index (χ0n) is 15.8. The molecule has 2 N–H and O–H groups in total. The van der Waals surface area contributed by atoms with Crippen LogP contribution < -0.4 is 10.6 Å². The lowest BCUT2D eigenvalue weighted by molar-refractivity contribution is -0.133. The molecule has 0 spiro atoms. The van der Waals surface area contributed by atoms with E-state index in [-0.39, 0.29) is 11.3 Å². The first-order chi connectivity index (χ1) is 12.9. The van der Waals surface area contributed by atoms with E-state index in [2.05, 4.69) is 10.6 Å². The molecule has 0 aromatic heterocycles. The molecular weight excluding hydrogens is 344 g/mol. The van der Waals surface area contributed by atoms with E-state index in [0.29, 0.717) is 12.3 Å². The number of benzene rings is 2. The molecule has 0 radical (unpaired) electrons. The fourth-order valence-electron chi connectivity index (χ4n) is 2.39. The molecule has 2 aromatic carbocycles. The van der Waals surface area contributed by atoms with Gasteiger partial charge in [0.05, 0.1) is 17.9 Å². The molecule has 142 valence electrons. The number of nitrogens with one attached hydrogen (secondary N) is 2. The Hall–Kier alpha value is -3.15. The van der Waals surface area contributed by atoms with Crippen molar-refractivity contribution in [3.8, 4) is 0 Å². The maximum atomic E-state index is 12.3. The van der Waals surface area contributed by atoms with Crippen LogP contribution in [-0.2, 0) is 14.3 Å². The van der Waals surface area contributed by atoms with Crippen molar-refractivity contribution >= 4 is 29.2 Å². The van der Waals surface area contributed by atoms with Crippen molar-refractivity contribution in [2.45, 2.75) is 33.6 Å². The zero-order chi connectivity index (χ0) is 19.8. The van der Waals surface area contributed by atoms with Crippen LogP contribution in [0.4, 0.5) is 11.4 Å². The molecule has 6 heteroatoms. The summed E-state index contributed by atoms with van der Waals surface area (Å²) in [4.78, 5) is 36.7. The summed E-state index contributed by atoms with van der Waals surface area (Å²) < 4.78 is 5.18. The molecule has 0 heterocycles. The lowest BCUT2D eigenvalue weighted by atomic mass is 10.1. The first kappa shape index (κ1) is 20.2. The first-order valence-electron chi connectivity index (χ1n) is 8.88. The van der Waals surface area contributed by atoms with E-state index in [4.69, 9.17) is 4.74 Å². The summed E-state index contributed by atoms with van der Waals surface area (Å²) in [5.41, 5.74) is 2.84. The number of hydrogen-bond donors (Lipinski definition) is 2. The van der Waals surface area contributed by atoms with Gasteiger partial charge in [0, 0.05) is 5.69 Å². The van der Waals surface area contributed by atoms with E-state index in [9.17, 15) is 14.4 Å².